The van der Waals surface area contributed by atoms with Crippen LogP contribution in [-0.4, -0.2) is 46.9 Å². The van der Waals surface area contributed by atoms with Crippen LogP contribution in [0.5, 0.6) is 0 Å². The van der Waals surface area contributed by atoms with Crippen LogP contribution in [0.2, 0.25) is 0 Å². The van der Waals surface area contributed by atoms with E-state index in [0.717, 1.165) is 44.7 Å². The third-order valence-electron chi connectivity index (χ3n) is 5.21. The van der Waals surface area contributed by atoms with Crippen LogP contribution in [-0.2, 0) is 13.0 Å². The van der Waals surface area contributed by atoms with Crippen molar-refractivity contribution in [3.63, 3.8) is 0 Å². The molecule has 0 bridgehead atoms. The molecule has 5 heteroatoms. The molecule has 1 saturated heterocycles. The lowest BCUT2D eigenvalue weighted by molar-refractivity contribution is 0.0627. The Kier molecular flexibility index (Phi) is 7.02. The van der Waals surface area contributed by atoms with Crippen LogP contribution >= 0.6 is 11.3 Å². The van der Waals surface area contributed by atoms with Crippen LogP contribution in [0.15, 0.2) is 29.6 Å². The second kappa shape index (κ2) is 9.47. The maximum absolute atomic E-state index is 12.7. The maximum atomic E-state index is 12.7. The Labute approximate surface area is 167 Å². The number of amides is 1. The molecule has 2 heterocycles. The number of hydrogen-bond acceptors (Lipinski definition) is 4. The number of aryl methyl sites for hydroxylation is 1. The van der Waals surface area contributed by atoms with Crippen molar-refractivity contribution >= 4 is 17.2 Å². The van der Waals surface area contributed by atoms with Crippen LogP contribution in [0.4, 0.5) is 0 Å². The summed E-state index contributed by atoms with van der Waals surface area (Å²) in [7, 11) is 0. The van der Waals surface area contributed by atoms with Gasteiger partial charge in [-0.15, -0.1) is 11.3 Å². The number of unbranched alkanes of at least 4 members (excludes halogenated alkanes) is 1. The second-order valence-electron chi connectivity index (χ2n) is 7.68. The molecule has 0 spiro atoms. The molecular weight excluding hydrogens is 354 g/mol. The Hall–Kier alpha value is -1.72. The fraction of sp³-hybridized carbons (Fsp3) is 0.545. The van der Waals surface area contributed by atoms with Crippen molar-refractivity contribution < 1.29 is 4.79 Å². The normalized spacial score (nSPS) is 15.5. The highest BCUT2D eigenvalue weighted by molar-refractivity contribution is 7.09. The first-order valence-electron chi connectivity index (χ1n) is 10.1. The zero-order chi connectivity index (χ0) is 19.2. The minimum Gasteiger partial charge on any atom is -0.336 e. The van der Waals surface area contributed by atoms with Gasteiger partial charge in [0.05, 0.1) is 10.7 Å². The SMILES string of the molecule is CCCCc1nc(CN2CCN(C(=O)c3ccc(C(C)C)cc3)CC2)cs1. The van der Waals surface area contributed by atoms with E-state index in [1.54, 1.807) is 11.3 Å². The van der Waals surface area contributed by atoms with Gasteiger partial charge in [-0.25, -0.2) is 4.98 Å². The van der Waals surface area contributed by atoms with Crippen molar-refractivity contribution in [2.45, 2.75) is 52.5 Å². The Balaban J connectivity index is 1.49. The van der Waals surface area contributed by atoms with Crippen molar-refractivity contribution in [3.05, 3.63) is 51.5 Å². The lowest BCUT2D eigenvalue weighted by atomic mass is 10.0. The molecule has 0 aliphatic carbocycles. The van der Waals surface area contributed by atoms with Gasteiger partial charge in [0, 0.05) is 43.7 Å². The van der Waals surface area contributed by atoms with E-state index in [1.165, 1.54) is 29.1 Å². The van der Waals surface area contributed by atoms with Gasteiger partial charge in [-0.05, 0) is 36.5 Å². The van der Waals surface area contributed by atoms with Gasteiger partial charge in [0.15, 0.2) is 0 Å². The first-order chi connectivity index (χ1) is 13.1. The molecule has 1 aromatic heterocycles. The smallest absolute Gasteiger partial charge is 0.253 e. The Morgan fingerprint density at radius 1 is 1.15 bits per heavy atom. The number of rotatable bonds is 7. The summed E-state index contributed by atoms with van der Waals surface area (Å²) < 4.78 is 0. The van der Waals surface area contributed by atoms with E-state index >= 15 is 0 Å². The molecule has 27 heavy (non-hydrogen) atoms. The number of benzene rings is 1. The molecule has 0 atom stereocenters. The van der Waals surface area contributed by atoms with E-state index in [1.807, 2.05) is 17.0 Å². The topological polar surface area (TPSA) is 36.4 Å². The molecule has 4 nitrogen and oxygen atoms in total. The van der Waals surface area contributed by atoms with Gasteiger partial charge in [-0.1, -0.05) is 39.3 Å². The van der Waals surface area contributed by atoms with Gasteiger partial charge >= 0.3 is 0 Å². The average molecular weight is 386 g/mol. The molecule has 1 fully saturated rings. The summed E-state index contributed by atoms with van der Waals surface area (Å²) >= 11 is 1.78. The minimum absolute atomic E-state index is 0.153. The molecule has 3 rings (SSSR count). The van der Waals surface area contributed by atoms with Crippen molar-refractivity contribution in [3.8, 4) is 0 Å². The van der Waals surface area contributed by atoms with E-state index in [2.05, 4.69) is 43.2 Å². The van der Waals surface area contributed by atoms with E-state index < -0.39 is 0 Å². The van der Waals surface area contributed by atoms with Crippen molar-refractivity contribution in [2.75, 3.05) is 26.2 Å². The minimum atomic E-state index is 0.153. The summed E-state index contributed by atoms with van der Waals surface area (Å²) in [5.41, 5.74) is 3.25. The highest BCUT2D eigenvalue weighted by atomic mass is 32.1. The van der Waals surface area contributed by atoms with E-state index in [0.29, 0.717) is 5.92 Å². The standard InChI is InChI=1S/C22H31N3OS/c1-4-5-6-21-23-20(16-27-21)15-24-11-13-25(14-12-24)22(26)19-9-7-18(8-10-19)17(2)3/h7-10,16-17H,4-6,11-15H2,1-3H3. The fourth-order valence-corrected chi connectivity index (χ4v) is 4.23. The molecule has 1 aliphatic heterocycles. The molecule has 1 amide bonds. The van der Waals surface area contributed by atoms with Gasteiger partial charge in [-0.3, -0.25) is 9.69 Å². The van der Waals surface area contributed by atoms with E-state index in [4.69, 9.17) is 4.98 Å². The third-order valence-corrected chi connectivity index (χ3v) is 6.17. The number of carbonyl (C=O) groups is 1. The zero-order valence-corrected chi connectivity index (χ0v) is 17.6. The summed E-state index contributed by atoms with van der Waals surface area (Å²) in [5, 5.41) is 3.45. The summed E-state index contributed by atoms with van der Waals surface area (Å²) in [6.45, 7) is 10.9. The maximum Gasteiger partial charge on any atom is 0.253 e. The summed E-state index contributed by atoms with van der Waals surface area (Å²) in [6.07, 6.45) is 3.52. The van der Waals surface area contributed by atoms with Crippen LogP contribution in [0, 0.1) is 0 Å². The van der Waals surface area contributed by atoms with Gasteiger partial charge < -0.3 is 4.90 Å². The number of hydrogen-bond donors (Lipinski definition) is 0. The number of aromatic nitrogens is 1. The molecular formula is C22H31N3OS. The first kappa shape index (κ1) is 20.0. The molecule has 146 valence electrons. The summed E-state index contributed by atoms with van der Waals surface area (Å²) in [4.78, 5) is 21.9. The molecule has 0 unspecified atom stereocenters. The second-order valence-corrected chi connectivity index (χ2v) is 8.62. The van der Waals surface area contributed by atoms with E-state index in [-0.39, 0.29) is 5.91 Å². The van der Waals surface area contributed by atoms with Gasteiger partial charge in [-0.2, -0.15) is 0 Å². The number of nitrogens with zero attached hydrogens (tertiary/aromatic N) is 3. The predicted octanol–water partition coefficient (Wildman–Crippen LogP) is 4.57. The molecule has 0 N–H and O–H groups in total. The average Bonchev–Trinajstić information content (AvgIpc) is 3.13. The van der Waals surface area contributed by atoms with Gasteiger partial charge in [0.2, 0.25) is 0 Å². The Morgan fingerprint density at radius 3 is 2.48 bits per heavy atom. The van der Waals surface area contributed by atoms with Crippen LogP contribution < -0.4 is 0 Å². The Morgan fingerprint density at radius 2 is 1.85 bits per heavy atom. The largest absolute Gasteiger partial charge is 0.336 e. The lowest BCUT2D eigenvalue weighted by Gasteiger charge is -2.34. The summed E-state index contributed by atoms with van der Waals surface area (Å²) in [6, 6.07) is 8.09. The fourth-order valence-electron chi connectivity index (χ4n) is 3.40. The Bertz CT molecular complexity index is 730. The number of carbonyl (C=O) groups excluding carboxylic acids is 1. The van der Waals surface area contributed by atoms with Crippen molar-refractivity contribution in [2.24, 2.45) is 0 Å². The monoisotopic (exact) mass is 385 g/mol. The molecule has 2 aromatic rings. The lowest BCUT2D eigenvalue weighted by Crippen LogP contribution is -2.48. The van der Waals surface area contributed by atoms with E-state index in [9.17, 15) is 4.79 Å². The van der Waals surface area contributed by atoms with Crippen LogP contribution in [0.1, 0.15) is 66.2 Å². The van der Waals surface area contributed by atoms with Crippen molar-refractivity contribution in [1.29, 1.82) is 0 Å². The first-order valence-corrected chi connectivity index (χ1v) is 11.0. The van der Waals surface area contributed by atoms with Crippen LogP contribution in [0.3, 0.4) is 0 Å². The molecule has 0 saturated carbocycles. The zero-order valence-electron chi connectivity index (χ0n) is 16.8. The predicted molar refractivity (Wildman–Crippen MR) is 112 cm³/mol. The highest BCUT2D eigenvalue weighted by Crippen LogP contribution is 2.18. The number of piperazine rings is 1. The van der Waals surface area contributed by atoms with Gasteiger partial charge in [0.1, 0.15) is 0 Å². The summed E-state index contributed by atoms with van der Waals surface area (Å²) in [5.74, 6) is 0.645. The van der Waals surface area contributed by atoms with Crippen molar-refractivity contribution in [1.82, 2.24) is 14.8 Å². The van der Waals surface area contributed by atoms with Gasteiger partial charge in [0.25, 0.3) is 5.91 Å². The third kappa shape index (κ3) is 5.39. The molecule has 0 radical (unpaired) electrons. The number of thiazole rings is 1. The molecule has 1 aliphatic rings. The highest BCUT2D eigenvalue weighted by Gasteiger charge is 2.22. The molecule has 1 aromatic carbocycles. The quantitative estimate of drug-likeness (QED) is 0.701. The van der Waals surface area contributed by atoms with Crippen LogP contribution in [0.25, 0.3) is 0 Å².